The summed E-state index contributed by atoms with van der Waals surface area (Å²) in [5, 5.41) is 8.61. The summed E-state index contributed by atoms with van der Waals surface area (Å²) in [4.78, 5) is 3.54. The van der Waals surface area contributed by atoms with Crippen LogP contribution in [0.15, 0.2) is 6.20 Å². The first-order valence-electron chi connectivity index (χ1n) is 4.55. The number of nitriles is 1. The minimum absolute atomic E-state index is 0.0371. The van der Waals surface area contributed by atoms with E-state index in [9.17, 15) is 13.2 Å². The van der Waals surface area contributed by atoms with Crippen LogP contribution in [0.5, 0.6) is 5.88 Å². The summed E-state index contributed by atoms with van der Waals surface area (Å²) in [6.45, 7) is 1.65. The molecule has 0 spiro atoms. The smallest absolute Gasteiger partial charge is 0.388 e. The van der Waals surface area contributed by atoms with Gasteiger partial charge in [0, 0.05) is 11.8 Å². The molecule has 0 aliphatic carbocycles. The summed E-state index contributed by atoms with van der Waals surface area (Å²) in [5.41, 5.74) is 1.14. The maximum Gasteiger partial charge on any atom is 0.574 e. The molecule has 0 N–H and O–H groups in total. The second kappa shape index (κ2) is 5.23. The number of nitrogens with zero attached hydrogens (tertiary/aromatic N) is 2. The van der Waals surface area contributed by atoms with E-state index in [-0.39, 0.29) is 17.9 Å². The number of hydrogen-bond donors (Lipinski definition) is 0. The van der Waals surface area contributed by atoms with Gasteiger partial charge in [-0.3, -0.25) is 0 Å². The molecule has 92 valence electrons. The van der Waals surface area contributed by atoms with Gasteiger partial charge in [-0.15, -0.1) is 24.8 Å². The number of aromatic nitrogens is 1. The van der Waals surface area contributed by atoms with E-state index in [0.29, 0.717) is 11.1 Å². The van der Waals surface area contributed by atoms with Crippen LogP contribution < -0.4 is 4.74 Å². The molecule has 0 aliphatic heterocycles. The average Bonchev–Trinajstić information content (AvgIpc) is 2.21. The third kappa shape index (κ3) is 3.49. The largest absolute Gasteiger partial charge is 0.574 e. The van der Waals surface area contributed by atoms with E-state index in [2.05, 4.69) is 9.72 Å². The Morgan fingerprint density at radius 2 is 2.12 bits per heavy atom. The van der Waals surface area contributed by atoms with Crippen LogP contribution >= 0.6 is 11.6 Å². The van der Waals surface area contributed by atoms with Gasteiger partial charge in [-0.2, -0.15) is 5.26 Å². The summed E-state index contributed by atoms with van der Waals surface area (Å²) in [6, 6.07) is 1.87. The quantitative estimate of drug-likeness (QED) is 0.788. The van der Waals surface area contributed by atoms with E-state index < -0.39 is 12.2 Å². The lowest BCUT2D eigenvalue weighted by Crippen LogP contribution is -2.19. The summed E-state index contributed by atoms with van der Waals surface area (Å²) in [6.07, 6.45) is -3.64. The number of hydrogen-bond acceptors (Lipinski definition) is 3. The van der Waals surface area contributed by atoms with Gasteiger partial charge in [-0.1, -0.05) is 0 Å². The molecule has 0 amide bonds. The van der Waals surface area contributed by atoms with Crippen molar-refractivity contribution in [3.05, 3.63) is 22.9 Å². The number of pyridine rings is 1. The molecule has 3 nitrogen and oxygen atoms in total. The summed E-state index contributed by atoms with van der Waals surface area (Å²) < 4.78 is 40.1. The molecule has 17 heavy (non-hydrogen) atoms. The van der Waals surface area contributed by atoms with Gasteiger partial charge in [0.25, 0.3) is 0 Å². The number of halogens is 4. The van der Waals surface area contributed by atoms with E-state index in [0.717, 1.165) is 0 Å². The maximum atomic E-state index is 12.1. The number of alkyl halides is 4. The van der Waals surface area contributed by atoms with Gasteiger partial charge in [0.2, 0.25) is 5.88 Å². The second-order valence-electron chi connectivity index (χ2n) is 3.22. The Kier molecular flexibility index (Phi) is 4.18. The molecule has 0 saturated carbocycles. The number of ether oxygens (including phenoxy) is 1. The van der Waals surface area contributed by atoms with Crippen molar-refractivity contribution in [2.45, 2.75) is 25.6 Å². The minimum Gasteiger partial charge on any atom is -0.388 e. The van der Waals surface area contributed by atoms with Gasteiger partial charge in [0.1, 0.15) is 0 Å². The van der Waals surface area contributed by atoms with E-state index in [1.54, 1.807) is 6.92 Å². The van der Waals surface area contributed by atoms with Gasteiger partial charge in [-0.05, 0) is 18.1 Å². The highest BCUT2D eigenvalue weighted by Crippen LogP contribution is 2.29. The van der Waals surface area contributed by atoms with Crippen LogP contribution in [0.3, 0.4) is 0 Å². The van der Waals surface area contributed by atoms with Gasteiger partial charge in [-0.25, -0.2) is 4.98 Å². The van der Waals surface area contributed by atoms with Gasteiger partial charge in [0.15, 0.2) is 0 Å². The highest BCUT2D eigenvalue weighted by Gasteiger charge is 2.33. The van der Waals surface area contributed by atoms with Gasteiger partial charge >= 0.3 is 6.36 Å². The normalized spacial score (nSPS) is 11.1. The Morgan fingerprint density at radius 1 is 1.47 bits per heavy atom. The first-order valence-corrected chi connectivity index (χ1v) is 5.08. The highest BCUT2D eigenvalue weighted by atomic mass is 35.5. The van der Waals surface area contributed by atoms with Crippen LogP contribution in [0, 0.1) is 18.3 Å². The molecule has 1 rings (SSSR count). The summed E-state index contributed by atoms with van der Waals surface area (Å²) in [5.74, 6) is -0.791. The Bertz CT molecular complexity index is 454. The Hall–Kier alpha value is -1.48. The van der Waals surface area contributed by atoms with Crippen molar-refractivity contribution in [1.29, 1.82) is 5.26 Å². The van der Waals surface area contributed by atoms with Crippen molar-refractivity contribution in [2.75, 3.05) is 0 Å². The molecule has 1 aromatic heterocycles. The first-order chi connectivity index (χ1) is 7.89. The minimum atomic E-state index is -4.83. The van der Waals surface area contributed by atoms with Crippen molar-refractivity contribution in [3.8, 4) is 11.9 Å². The molecule has 0 fully saturated rings. The van der Waals surface area contributed by atoms with Crippen LogP contribution in [0.25, 0.3) is 0 Å². The highest BCUT2D eigenvalue weighted by molar-refractivity contribution is 6.17. The molecular weight excluding hydrogens is 257 g/mol. The summed E-state index contributed by atoms with van der Waals surface area (Å²) >= 11 is 5.58. The average molecular weight is 265 g/mol. The Balaban J connectivity index is 3.24. The predicted octanol–water partition coefficient (Wildman–Crippen LogP) is 3.09. The molecule has 7 heteroatoms. The molecule has 0 unspecified atom stereocenters. The fraction of sp³-hybridized carbons (Fsp3) is 0.400. The fourth-order valence-corrected chi connectivity index (χ4v) is 1.61. The second-order valence-corrected chi connectivity index (χ2v) is 3.49. The van der Waals surface area contributed by atoms with E-state index in [4.69, 9.17) is 16.9 Å². The van der Waals surface area contributed by atoms with Crippen LogP contribution in [-0.4, -0.2) is 11.3 Å². The van der Waals surface area contributed by atoms with Crippen LogP contribution in [0.1, 0.15) is 16.7 Å². The standard InChI is InChI=1S/C10H8ClF3N2O/c1-6-5-16-9(17-10(12,13)14)8(4-11)7(6)2-3-15/h5H,2,4H2,1H3. The monoisotopic (exact) mass is 264 g/mol. The topological polar surface area (TPSA) is 45.9 Å². The van der Waals surface area contributed by atoms with Crippen LogP contribution in [0.2, 0.25) is 0 Å². The zero-order valence-electron chi connectivity index (χ0n) is 8.81. The van der Waals surface area contributed by atoms with Gasteiger partial charge in [0.05, 0.1) is 18.4 Å². The van der Waals surface area contributed by atoms with Crippen molar-refractivity contribution in [2.24, 2.45) is 0 Å². The van der Waals surface area contributed by atoms with E-state index in [1.807, 2.05) is 6.07 Å². The zero-order chi connectivity index (χ0) is 13.1. The number of aryl methyl sites for hydroxylation is 1. The molecule has 0 radical (unpaired) electrons. The lowest BCUT2D eigenvalue weighted by Gasteiger charge is -2.14. The number of rotatable bonds is 3. The van der Waals surface area contributed by atoms with E-state index >= 15 is 0 Å². The molecule has 0 saturated heterocycles. The Labute approximate surface area is 101 Å². The molecule has 0 aromatic carbocycles. The van der Waals surface area contributed by atoms with Crippen LogP contribution in [0.4, 0.5) is 13.2 Å². The van der Waals surface area contributed by atoms with Gasteiger partial charge < -0.3 is 4.74 Å². The lowest BCUT2D eigenvalue weighted by molar-refractivity contribution is -0.276. The predicted molar refractivity (Wildman–Crippen MR) is 54.5 cm³/mol. The SMILES string of the molecule is Cc1cnc(OC(F)(F)F)c(CCl)c1CC#N. The zero-order valence-corrected chi connectivity index (χ0v) is 9.56. The third-order valence-electron chi connectivity index (χ3n) is 2.08. The van der Waals surface area contributed by atoms with Crippen molar-refractivity contribution in [3.63, 3.8) is 0 Å². The Morgan fingerprint density at radius 3 is 2.59 bits per heavy atom. The van der Waals surface area contributed by atoms with Crippen molar-refractivity contribution < 1.29 is 17.9 Å². The summed E-state index contributed by atoms with van der Waals surface area (Å²) in [7, 11) is 0. The lowest BCUT2D eigenvalue weighted by atomic mass is 10.0. The molecule has 0 aliphatic rings. The van der Waals surface area contributed by atoms with Crippen molar-refractivity contribution >= 4 is 11.6 Å². The van der Waals surface area contributed by atoms with Crippen LogP contribution in [-0.2, 0) is 12.3 Å². The van der Waals surface area contributed by atoms with Crippen molar-refractivity contribution in [1.82, 2.24) is 4.98 Å². The molecule has 0 atom stereocenters. The third-order valence-corrected chi connectivity index (χ3v) is 2.34. The van der Waals surface area contributed by atoms with E-state index in [1.165, 1.54) is 6.20 Å². The molecule has 1 aromatic rings. The molecule has 0 bridgehead atoms. The fourth-order valence-electron chi connectivity index (χ4n) is 1.34. The maximum absolute atomic E-state index is 12.1. The molecule has 1 heterocycles. The molecular formula is C10H8ClF3N2O. The first kappa shape index (κ1) is 13.6.